The predicted molar refractivity (Wildman–Crippen MR) is 67.5 cm³/mol. The van der Waals surface area contributed by atoms with E-state index in [2.05, 4.69) is 47.4 Å². The van der Waals surface area contributed by atoms with Crippen LogP contribution in [0.4, 0.5) is 0 Å². The second-order valence-electron chi connectivity index (χ2n) is 4.14. The number of nitrogens with zero attached hydrogens (tertiary/aromatic N) is 1. The second-order valence-corrected chi connectivity index (χ2v) is 4.14. The molecule has 0 saturated carbocycles. The molecule has 0 radical (unpaired) electrons. The Morgan fingerprint density at radius 2 is 1.62 bits per heavy atom. The van der Waals surface area contributed by atoms with E-state index in [0.29, 0.717) is 0 Å². The fraction of sp³-hybridized carbons (Fsp3) is 0. The summed E-state index contributed by atoms with van der Waals surface area (Å²) in [6, 6.07) is 15.0. The van der Waals surface area contributed by atoms with Gasteiger partial charge in [0, 0.05) is 0 Å². The Morgan fingerprint density at radius 3 is 2.56 bits per heavy atom. The van der Waals surface area contributed by atoms with Gasteiger partial charge in [0.2, 0.25) is 0 Å². The molecule has 16 heavy (non-hydrogen) atoms. The van der Waals surface area contributed by atoms with Crippen LogP contribution in [0.25, 0.3) is 32.9 Å². The molecule has 1 aliphatic rings. The van der Waals surface area contributed by atoms with Gasteiger partial charge in [-0.25, -0.2) is 0 Å². The zero-order valence-corrected chi connectivity index (χ0v) is 8.64. The average Bonchev–Trinajstić information content (AvgIpc) is 2.68. The van der Waals surface area contributed by atoms with Crippen molar-refractivity contribution in [1.82, 2.24) is 4.89 Å². The van der Waals surface area contributed by atoms with Gasteiger partial charge in [0.25, 0.3) is 0 Å². The number of benzene rings is 2. The molecule has 1 heterocycles. The predicted octanol–water partition coefficient (Wildman–Crippen LogP) is 3.22. The monoisotopic (exact) mass is 201 g/mol. The quantitative estimate of drug-likeness (QED) is 0.425. The van der Waals surface area contributed by atoms with Crippen molar-refractivity contribution >= 4 is 17.8 Å². The van der Waals surface area contributed by atoms with Crippen LogP contribution in [0.15, 0.2) is 48.7 Å². The molecule has 72 valence electrons. The van der Waals surface area contributed by atoms with Crippen molar-refractivity contribution in [3.8, 4) is 22.1 Å². The van der Waals surface area contributed by atoms with Gasteiger partial charge in [-0.05, 0) is 0 Å². The molecule has 0 bridgehead atoms. The van der Waals surface area contributed by atoms with Gasteiger partial charge in [-0.3, -0.25) is 0 Å². The van der Waals surface area contributed by atoms with E-state index in [0.717, 1.165) is 0 Å². The first-order chi connectivity index (χ1) is 7.95. The van der Waals surface area contributed by atoms with E-state index in [9.17, 15) is 0 Å². The summed E-state index contributed by atoms with van der Waals surface area (Å²) in [7, 11) is 1.97. The summed E-state index contributed by atoms with van der Waals surface area (Å²) < 4.78 is 0. The standard InChI is InChI=1S/C14H8BN/c1-2-6-12-10(5-1)11-7-3-4-9-8-16-15-14(12)13(9)11/h1-8H. The molecular formula is C14H8BN. The van der Waals surface area contributed by atoms with E-state index in [1.54, 1.807) is 0 Å². The summed E-state index contributed by atoms with van der Waals surface area (Å²) in [5.41, 5.74) is 5.24. The van der Waals surface area contributed by atoms with Crippen molar-refractivity contribution in [2.75, 3.05) is 0 Å². The molecule has 0 N–H and O–H groups in total. The van der Waals surface area contributed by atoms with Crippen LogP contribution in [0.1, 0.15) is 0 Å². The fourth-order valence-electron chi connectivity index (χ4n) is 2.62. The molecule has 2 aromatic carbocycles. The molecule has 2 heteroatoms. The summed E-state index contributed by atoms with van der Waals surface area (Å²) in [6.07, 6.45) is 1.94. The Morgan fingerprint density at radius 1 is 0.812 bits per heavy atom. The Bertz CT molecular complexity index is 661. The SMILES string of the molecule is b1ncc2cccc3c2c1-c1ccccc1-3. The van der Waals surface area contributed by atoms with E-state index in [4.69, 9.17) is 0 Å². The van der Waals surface area contributed by atoms with Crippen LogP contribution >= 0.6 is 0 Å². The molecule has 0 fully saturated rings. The first-order valence-electron chi connectivity index (χ1n) is 5.42. The topological polar surface area (TPSA) is 12.9 Å². The van der Waals surface area contributed by atoms with Gasteiger partial charge in [0.05, 0.1) is 0 Å². The number of aromatic nitrogens is 1. The minimum absolute atomic E-state index is 1.23. The van der Waals surface area contributed by atoms with Crippen LogP contribution in [0.3, 0.4) is 0 Å². The van der Waals surface area contributed by atoms with E-state index in [1.807, 2.05) is 13.2 Å². The van der Waals surface area contributed by atoms with Crippen molar-refractivity contribution in [1.29, 1.82) is 0 Å². The Hall–Kier alpha value is -1.96. The van der Waals surface area contributed by atoms with Crippen LogP contribution in [-0.4, -0.2) is 11.9 Å². The normalized spacial score (nSPS) is 11.5. The summed E-state index contributed by atoms with van der Waals surface area (Å²) in [5, 5.41) is 2.57. The molecule has 1 aliphatic carbocycles. The van der Waals surface area contributed by atoms with Gasteiger partial charge in [-0.2, -0.15) is 0 Å². The number of hydrogen-bond donors (Lipinski definition) is 0. The van der Waals surface area contributed by atoms with Crippen LogP contribution in [0, 0.1) is 0 Å². The van der Waals surface area contributed by atoms with Gasteiger partial charge in [0.15, 0.2) is 0 Å². The third kappa shape index (κ3) is 0.872. The Balaban J connectivity index is 2.31. The molecule has 0 aliphatic heterocycles. The molecule has 1 aromatic heterocycles. The zero-order valence-electron chi connectivity index (χ0n) is 8.64. The van der Waals surface area contributed by atoms with Gasteiger partial charge >= 0.3 is 93.5 Å². The number of rotatable bonds is 0. The molecule has 0 unspecified atom stereocenters. The Kier molecular flexibility index (Phi) is 1.43. The van der Waals surface area contributed by atoms with Crippen molar-refractivity contribution in [2.45, 2.75) is 0 Å². The maximum absolute atomic E-state index is 4.32. The van der Waals surface area contributed by atoms with E-state index >= 15 is 0 Å². The molecular weight excluding hydrogens is 193 g/mol. The average molecular weight is 201 g/mol. The molecule has 3 aromatic rings. The summed E-state index contributed by atoms with van der Waals surface area (Å²) >= 11 is 0. The summed E-state index contributed by atoms with van der Waals surface area (Å²) in [4.78, 5) is 4.32. The molecule has 4 rings (SSSR count). The first-order valence-corrected chi connectivity index (χ1v) is 5.42. The molecule has 0 atom stereocenters. The fourth-order valence-corrected chi connectivity index (χ4v) is 2.62. The second kappa shape index (κ2) is 2.79. The zero-order chi connectivity index (χ0) is 10.5. The summed E-state index contributed by atoms with van der Waals surface area (Å²) in [6.45, 7) is 0. The van der Waals surface area contributed by atoms with Crippen molar-refractivity contribution in [3.63, 3.8) is 0 Å². The maximum atomic E-state index is 4.32. The Labute approximate surface area is 94.0 Å². The van der Waals surface area contributed by atoms with Gasteiger partial charge in [0.1, 0.15) is 0 Å². The van der Waals surface area contributed by atoms with Crippen LogP contribution in [-0.2, 0) is 0 Å². The molecule has 0 amide bonds. The van der Waals surface area contributed by atoms with Gasteiger partial charge in [-0.1, -0.05) is 0 Å². The van der Waals surface area contributed by atoms with E-state index < -0.39 is 0 Å². The van der Waals surface area contributed by atoms with Crippen LogP contribution in [0.2, 0.25) is 0 Å². The summed E-state index contributed by atoms with van der Waals surface area (Å²) in [5.74, 6) is 0. The third-order valence-electron chi connectivity index (χ3n) is 3.29. The van der Waals surface area contributed by atoms with Crippen molar-refractivity contribution in [2.24, 2.45) is 0 Å². The van der Waals surface area contributed by atoms with Crippen LogP contribution < -0.4 is 0 Å². The van der Waals surface area contributed by atoms with E-state index in [1.165, 1.54) is 32.9 Å². The van der Waals surface area contributed by atoms with Crippen molar-refractivity contribution < 1.29 is 0 Å². The molecule has 0 spiro atoms. The minimum atomic E-state index is 1.23. The molecule has 0 saturated heterocycles. The molecule has 1 nitrogen and oxygen atoms in total. The third-order valence-corrected chi connectivity index (χ3v) is 3.29. The number of hydrogen-bond acceptors (Lipinski definition) is 1. The van der Waals surface area contributed by atoms with Crippen LogP contribution in [0.5, 0.6) is 0 Å². The van der Waals surface area contributed by atoms with Gasteiger partial charge < -0.3 is 0 Å². The van der Waals surface area contributed by atoms with Gasteiger partial charge in [-0.15, -0.1) is 0 Å². The number of fused-ring (bicyclic) bond motifs is 3. The first kappa shape index (κ1) is 8.23. The van der Waals surface area contributed by atoms with E-state index in [-0.39, 0.29) is 0 Å². The van der Waals surface area contributed by atoms with Crippen molar-refractivity contribution in [3.05, 3.63) is 48.7 Å².